The quantitative estimate of drug-likeness (QED) is 0.379. The first-order valence-electron chi connectivity index (χ1n) is 10.9. The van der Waals surface area contributed by atoms with Crippen LogP contribution < -0.4 is 5.32 Å². The summed E-state index contributed by atoms with van der Waals surface area (Å²) in [5.74, 6) is -0.454. The van der Waals surface area contributed by atoms with Crippen LogP contribution in [0.5, 0.6) is 0 Å². The predicted molar refractivity (Wildman–Crippen MR) is 134 cm³/mol. The number of aromatic nitrogens is 1. The van der Waals surface area contributed by atoms with Crippen LogP contribution in [0.25, 0.3) is 10.9 Å². The summed E-state index contributed by atoms with van der Waals surface area (Å²) in [6.07, 6.45) is 1.55. The van der Waals surface area contributed by atoms with Gasteiger partial charge in [-0.3, -0.25) is 9.59 Å². The zero-order chi connectivity index (χ0) is 24.5. The average molecular weight is 475 g/mol. The Morgan fingerprint density at radius 1 is 0.941 bits per heavy atom. The van der Waals surface area contributed by atoms with Crippen molar-refractivity contribution in [1.29, 1.82) is 0 Å². The van der Waals surface area contributed by atoms with Gasteiger partial charge in [-0.15, -0.1) is 0 Å². The summed E-state index contributed by atoms with van der Waals surface area (Å²) in [5.41, 5.74) is 4.49. The molecule has 0 unspecified atom stereocenters. The van der Waals surface area contributed by atoms with Gasteiger partial charge in [0.25, 0.3) is 0 Å². The summed E-state index contributed by atoms with van der Waals surface area (Å²) in [5, 5.41) is 3.39. The zero-order valence-electron chi connectivity index (χ0n) is 19.3. The van der Waals surface area contributed by atoms with E-state index in [-0.39, 0.29) is 28.9 Å². The highest BCUT2D eigenvalue weighted by atomic mass is 32.2. The van der Waals surface area contributed by atoms with E-state index in [1.165, 1.54) is 6.92 Å². The number of benzene rings is 3. The number of nitrogens with zero attached hydrogens (tertiary/aromatic N) is 1. The van der Waals surface area contributed by atoms with E-state index in [2.05, 4.69) is 5.32 Å². The average Bonchev–Trinajstić information content (AvgIpc) is 3.16. The second-order valence-corrected chi connectivity index (χ2v) is 10.5. The molecule has 0 saturated heterocycles. The molecule has 3 aromatic carbocycles. The number of hydrogen-bond acceptors (Lipinski definition) is 4. The van der Waals surface area contributed by atoms with Crippen molar-refractivity contribution in [2.75, 3.05) is 5.32 Å². The smallest absolute Gasteiger partial charge is 0.244 e. The predicted octanol–water partition coefficient (Wildman–Crippen LogP) is 5.07. The fourth-order valence-corrected chi connectivity index (χ4v) is 5.64. The molecule has 0 aliphatic heterocycles. The number of nitrogens with one attached hydrogen (secondary N) is 1. The number of ketones is 1. The molecule has 1 aromatic heterocycles. The van der Waals surface area contributed by atoms with Gasteiger partial charge in [-0.05, 0) is 62.2 Å². The van der Waals surface area contributed by atoms with E-state index in [9.17, 15) is 18.0 Å². The highest BCUT2D eigenvalue weighted by Gasteiger charge is 2.23. The molecule has 0 bridgehead atoms. The van der Waals surface area contributed by atoms with Crippen molar-refractivity contribution in [3.63, 3.8) is 0 Å². The van der Waals surface area contributed by atoms with E-state index in [0.717, 1.165) is 16.7 Å². The lowest BCUT2D eigenvalue weighted by Gasteiger charge is -2.08. The van der Waals surface area contributed by atoms with Crippen LogP contribution in [0.3, 0.4) is 0 Å². The molecule has 0 saturated carbocycles. The molecule has 0 atom stereocenters. The molecule has 174 valence electrons. The first-order chi connectivity index (χ1) is 16.1. The molecule has 6 nitrogen and oxygen atoms in total. The monoisotopic (exact) mass is 474 g/mol. The molecule has 1 N–H and O–H groups in total. The second-order valence-electron chi connectivity index (χ2n) is 8.51. The number of sulfone groups is 1. The van der Waals surface area contributed by atoms with Crippen LogP contribution >= 0.6 is 0 Å². The van der Waals surface area contributed by atoms with Crippen molar-refractivity contribution in [2.45, 2.75) is 38.0 Å². The lowest BCUT2D eigenvalue weighted by atomic mass is 10.1. The van der Waals surface area contributed by atoms with Crippen LogP contribution in [-0.4, -0.2) is 24.7 Å². The summed E-state index contributed by atoms with van der Waals surface area (Å²) in [6, 6.07) is 19.6. The number of aryl methyl sites for hydroxylation is 2. The number of rotatable bonds is 7. The SMILES string of the molecule is CC(=O)c1ccc(NC(=O)Cn2cc(S(=O)(=O)Cc3cc(C)ccc3C)c3ccccc32)cc1. The largest absolute Gasteiger partial charge is 0.337 e. The van der Waals surface area contributed by atoms with Gasteiger partial charge >= 0.3 is 0 Å². The number of fused-ring (bicyclic) bond motifs is 1. The number of para-hydroxylation sites is 1. The molecule has 0 spiro atoms. The molecule has 4 aromatic rings. The molecule has 7 heteroatoms. The Labute approximate surface area is 199 Å². The van der Waals surface area contributed by atoms with Gasteiger partial charge in [0.1, 0.15) is 6.54 Å². The normalized spacial score (nSPS) is 11.5. The minimum absolute atomic E-state index is 0.0477. The van der Waals surface area contributed by atoms with Gasteiger partial charge in [-0.25, -0.2) is 8.42 Å². The Morgan fingerprint density at radius 3 is 2.35 bits per heavy atom. The van der Waals surface area contributed by atoms with Crippen LogP contribution in [0.1, 0.15) is 34.0 Å². The van der Waals surface area contributed by atoms with Crippen molar-refractivity contribution in [2.24, 2.45) is 0 Å². The molecule has 0 radical (unpaired) electrons. The minimum atomic E-state index is -3.65. The van der Waals surface area contributed by atoms with Gasteiger partial charge in [0.15, 0.2) is 15.6 Å². The number of Topliss-reactive ketones (excluding diaryl/α,β-unsaturated/α-hetero) is 1. The summed E-state index contributed by atoms with van der Waals surface area (Å²) in [4.78, 5) is 24.4. The fraction of sp³-hybridized carbons (Fsp3) is 0.185. The van der Waals surface area contributed by atoms with Crippen molar-refractivity contribution < 1.29 is 18.0 Å². The van der Waals surface area contributed by atoms with E-state index in [1.807, 2.05) is 38.1 Å². The lowest BCUT2D eigenvalue weighted by molar-refractivity contribution is -0.116. The highest BCUT2D eigenvalue weighted by Crippen LogP contribution is 2.29. The van der Waals surface area contributed by atoms with Crippen LogP contribution in [0.4, 0.5) is 5.69 Å². The molecule has 0 aliphatic carbocycles. The summed E-state index contributed by atoms with van der Waals surface area (Å²) in [6.45, 7) is 5.28. The highest BCUT2D eigenvalue weighted by molar-refractivity contribution is 7.90. The van der Waals surface area contributed by atoms with Crippen LogP contribution in [-0.2, 0) is 26.9 Å². The third-order valence-corrected chi connectivity index (χ3v) is 7.51. The molecule has 0 aliphatic rings. The Bertz CT molecular complexity index is 1500. The summed E-state index contributed by atoms with van der Waals surface area (Å²) in [7, 11) is -3.65. The van der Waals surface area contributed by atoms with Crippen LogP contribution in [0.2, 0.25) is 0 Å². The number of carbonyl (C=O) groups excluding carboxylic acids is 2. The van der Waals surface area contributed by atoms with E-state index in [1.54, 1.807) is 53.2 Å². The van der Waals surface area contributed by atoms with Crippen molar-refractivity contribution in [3.8, 4) is 0 Å². The summed E-state index contributed by atoms with van der Waals surface area (Å²) < 4.78 is 28.5. The molecule has 1 amide bonds. The number of carbonyl (C=O) groups is 2. The number of amides is 1. The molecular weight excluding hydrogens is 448 g/mol. The van der Waals surface area contributed by atoms with Crippen molar-refractivity contribution in [1.82, 2.24) is 4.57 Å². The van der Waals surface area contributed by atoms with Gasteiger partial charge in [-0.1, -0.05) is 42.0 Å². The maximum absolute atomic E-state index is 13.4. The van der Waals surface area contributed by atoms with E-state index < -0.39 is 9.84 Å². The second kappa shape index (κ2) is 9.27. The standard InChI is InChI=1S/C27H26N2O4S/c1-18-8-9-19(2)22(14-18)17-34(32,33)26-15-29(25-7-5-4-6-24(25)26)16-27(31)28-23-12-10-21(11-13-23)20(3)30/h4-15H,16-17H2,1-3H3,(H,28,31). The molecule has 0 fully saturated rings. The number of hydrogen-bond donors (Lipinski definition) is 1. The van der Waals surface area contributed by atoms with Crippen molar-refractivity contribution >= 4 is 38.1 Å². The third kappa shape index (κ3) is 4.94. The summed E-state index contributed by atoms with van der Waals surface area (Å²) >= 11 is 0. The molecule has 34 heavy (non-hydrogen) atoms. The van der Waals surface area contributed by atoms with E-state index >= 15 is 0 Å². The Morgan fingerprint density at radius 2 is 1.65 bits per heavy atom. The van der Waals surface area contributed by atoms with Gasteiger partial charge in [0.05, 0.1) is 10.6 Å². The Balaban J connectivity index is 1.62. The number of anilines is 1. The van der Waals surface area contributed by atoms with E-state index in [4.69, 9.17) is 0 Å². The van der Waals surface area contributed by atoms with Crippen molar-refractivity contribution in [3.05, 3.63) is 95.2 Å². The first-order valence-corrected chi connectivity index (χ1v) is 12.6. The van der Waals surface area contributed by atoms with Gasteiger partial charge in [0, 0.05) is 28.4 Å². The third-order valence-electron chi connectivity index (χ3n) is 5.83. The maximum Gasteiger partial charge on any atom is 0.244 e. The van der Waals surface area contributed by atoms with Gasteiger partial charge in [0.2, 0.25) is 5.91 Å². The molecule has 1 heterocycles. The maximum atomic E-state index is 13.4. The van der Waals surface area contributed by atoms with Gasteiger partial charge in [-0.2, -0.15) is 0 Å². The van der Waals surface area contributed by atoms with Crippen LogP contribution in [0.15, 0.2) is 77.8 Å². The first kappa shape index (κ1) is 23.4. The van der Waals surface area contributed by atoms with E-state index in [0.29, 0.717) is 22.2 Å². The van der Waals surface area contributed by atoms with Gasteiger partial charge < -0.3 is 9.88 Å². The minimum Gasteiger partial charge on any atom is -0.337 e. The van der Waals surface area contributed by atoms with Crippen LogP contribution in [0, 0.1) is 13.8 Å². The lowest BCUT2D eigenvalue weighted by Crippen LogP contribution is -2.18. The fourth-order valence-electron chi connectivity index (χ4n) is 3.97. The Hall–Kier alpha value is -3.71. The molecule has 4 rings (SSSR count). The zero-order valence-corrected chi connectivity index (χ0v) is 20.1. The molecular formula is C27H26N2O4S. The Kier molecular flexibility index (Phi) is 6.39. The topological polar surface area (TPSA) is 85.2 Å².